The van der Waals surface area contributed by atoms with Gasteiger partial charge in [0.05, 0.1) is 16.2 Å². The SMILES string of the molecule is N#Cc1c(N)ncnc1N1CC[C@H]1c1nn2ccc(Br)c2c(=O)n1-c1ccccc1.S. The van der Waals surface area contributed by atoms with Gasteiger partial charge in [0.25, 0.3) is 5.56 Å². The second kappa shape index (κ2) is 8.05. The standard InChI is InChI=1S/C20H15BrN8O.H2S/c21-14-6-9-28-16(14)20(30)29(12-4-2-1-3-5-12)19(26-28)15-7-8-27(15)18-13(10-22)17(23)24-11-25-18;/h1-6,9,11,15H,7-8H2,(H2,23,24,25);1H2/t15-;/m0./s1. The molecule has 0 radical (unpaired) electrons. The van der Waals surface area contributed by atoms with Gasteiger partial charge in [-0.25, -0.2) is 14.5 Å². The van der Waals surface area contributed by atoms with Crippen molar-refractivity contribution in [3.8, 4) is 11.8 Å². The molecule has 1 aliphatic rings. The minimum absolute atomic E-state index is 0. The number of hydrogen-bond acceptors (Lipinski definition) is 7. The molecule has 9 nitrogen and oxygen atoms in total. The third-order valence-electron chi connectivity index (χ3n) is 5.23. The van der Waals surface area contributed by atoms with Crippen molar-refractivity contribution in [3.63, 3.8) is 0 Å². The normalized spacial score (nSPS) is 15.2. The molecular formula is C20H17BrN8OS. The van der Waals surface area contributed by atoms with Crippen LogP contribution in [0.5, 0.6) is 0 Å². The fourth-order valence-corrected chi connectivity index (χ4v) is 4.18. The highest BCUT2D eigenvalue weighted by Crippen LogP contribution is 2.38. The zero-order valence-corrected chi connectivity index (χ0v) is 18.7. The zero-order valence-electron chi connectivity index (χ0n) is 16.1. The number of nitrogens with two attached hydrogens (primary N) is 1. The molecule has 0 saturated carbocycles. The van der Waals surface area contributed by atoms with E-state index in [1.54, 1.807) is 21.3 Å². The maximum absolute atomic E-state index is 13.5. The van der Waals surface area contributed by atoms with Crippen LogP contribution in [-0.4, -0.2) is 30.7 Å². The van der Waals surface area contributed by atoms with E-state index in [2.05, 4.69) is 32.0 Å². The summed E-state index contributed by atoms with van der Waals surface area (Å²) in [7, 11) is 0. The molecule has 1 aromatic carbocycles. The molecule has 0 spiro atoms. The van der Waals surface area contributed by atoms with Crippen LogP contribution in [0.4, 0.5) is 11.6 Å². The molecule has 4 aromatic rings. The second-order valence-corrected chi connectivity index (χ2v) is 7.71. The van der Waals surface area contributed by atoms with Gasteiger partial charge in [-0.3, -0.25) is 9.36 Å². The van der Waals surface area contributed by atoms with Crippen LogP contribution in [0.15, 0.2) is 58.2 Å². The number of hydrogen-bond donors (Lipinski definition) is 1. The molecule has 5 rings (SSSR count). The van der Waals surface area contributed by atoms with E-state index < -0.39 is 0 Å². The molecule has 1 saturated heterocycles. The highest BCUT2D eigenvalue weighted by atomic mass is 79.9. The number of nitrogen functional groups attached to an aromatic ring is 1. The Morgan fingerprint density at radius 3 is 2.65 bits per heavy atom. The molecule has 31 heavy (non-hydrogen) atoms. The van der Waals surface area contributed by atoms with E-state index >= 15 is 0 Å². The van der Waals surface area contributed by atoms with E-state index in [1.165, 1.54) is 6.33 Å². The lowest BCUT2D eigenvalue weighted by Gasteiger charge is -2.42. The van der Waals surface area contributed by atoms with E-state index in [9.17, 15) is 10.1 Å². The first kappa shape index (κ1) is 20.9. The molecule has 3 aromatic heterocycles. The van der Waals surface area contributed by atoms with Gasteiger partial charge in [0.2, 0.25) is 0 Å². The van der Waals surface area contributed by atoms with Gasteiger partial charge in [0.15, 0.2) is 11.6 Å². The summed E-state index contributed by atoms with van der Waals surface area (Å²) in [5.74, 6) is 1.14. The largest absolute Gasteiger partial charge is 0.382 e. The summed E-state index contributed by atoms with van der Waals surface area (Å²) < 4.78 is 3.88. The third-order valence-corrected chi connectivity index (χ3v) is 5.87. The maximum atomic E-state index is 13.5. The van der Waals surface area contributed by atoms with Gasteiger partial charge in [-0.1, -0.05) is 18.2 Å². The van der Waals surface area contributed by atoms with Crippen molar-refractivity contribution in [3.05, 3.63) is 75.1 Å². The van der Waals surface area contributed by atoms with Crippen LogP contribution >= 0.6 is 29.4 Å². The lowest BCUT2D eigenvalue weighted by atomic mass is 10.0. The Kier molecular flexibility index (Phi) is 5.43. The number of anilines is 2. The monoisotopic (exact) mass is 496 g/mol. The van der Waals surface area contributed by atoms with Crippen molar-refractivity contribution in [1.82, 2.24) is 24.1 Å². The zero-order chi connectivity index (χ0) is 20.8. The van der Waals surface area contributed by atoms with E-state index in [0.717, 1.165) is 12.1 Å². The van der Waals surface area contributed by atoms with Crippen LogP contribution in [0.3, 0.4) is 0 Å². The quantitative estimate of drug-likeness (QED) is 0.462. The van der Waals surface area contributed by atoms with Crippen LogP contribution in [-0.2, 0) is 0 Å². The summed E-state index contributed by atoms with van der Waals surface area (Å²) >= 11 is 3.44. The van der Waals surface area contributed by atoms with E-state index in [1.807, 2.05) is 35.2 Å². The van der Waals surface area contributed by atoms with Crippen molar-refractivity contribution in [2.24, 2.45) is 0 Å². The van der Waals surface area contributed by atoms with Crippen molar-refractivity contribution < 1.29 is 0 Å². The van der Waals surface area contributed by atoms with Crippen molar-refractivity contribution in [2.75, 3.05) is 17.2 Å². The summed E-state index contributed by atoms with van der Waals surface area (Å²) in [5.41, 5.74) is 7.09. The Balaban J connectivity index is 0.00000231. The van der Waals surface area contributed by atoms with Gasteiger partial charge in [0.1, 0.15) is 29.3 Å². The molecule has 156 valence electrons. The first-order chi connectivity index (χ1) is 14.6. The number of nitriles is 1. The van der Waals surface area contributed by atoms with Gasteiger partial charge < -0.3 is 10.6 Å². The predicted molar refractivity (Wildman–Crippen MR) is 125 cm³/mol. The van der Waals surface area contributed by atoms with Crippen LogP contribution in [0.1, 0.15) is 23.9 Å². The number of aromatic nitrogens is 5. The predicted octanol–water partition coefficient (Wildman–Crippen LogP) is 2.56. The molecule has 0 bridgehead atoms. The van der Waals surface area contributed by atoms with Gasteiger partial charge in [-0.2, -0.15) is 23.9 Å². The molecule has 2 N–H and O–H groups in total. The minimum Gasteiger partial charge on any atom is -0.382 e. The van der Waals surface area contributed by atoms with Crippen LogP contribution in [0.25, 0.3) is 11.2 Å². The minimum atomic E-state index is -0.245. The average molecular weight is 497 g/mol. The molecule has 0 unspecified atom stereocenters. The lowest BCUT2D eigenvalue weighted by Crippen LogP contribution is -2.45. The number of para-hydroxylation sites is 1. The number of nitrogens with zero attached hydrogens (tertiary/aromatic N) is 7. The Morgan fingerprint density at radius 1 is 1.19 bits per heavy atom. The first-order valence-corrected chi connectivity index (χ1v) is 10.0. The summed E-state index contributed by atoms with van der Waals surface area (Å²) in [4.78, 5) is 23.6. The third kappa shape index (κ3) is 3.24. The summed E-state index contributed by atoms with van der Waals surface area (Å²) in [6.07, 6.45) is 3.83. The summed E-state index contributed by atoms with van der Waals surface area (Å²) in [6, 6.07) is 13.0. The van der Waals surface area contributed by atoms with E-state index in [-0.39, 0.29) is 36.5 Å². The number of fused-ring (bicyclic) bond motifs is 1. The molecule has 1 aliphatic heterocycles. The Bertz CT molecular complexity index is 1380. The molecule has 1 atom stereocenters. The topological polar surface area (TPSA) is 118 Å². The average Bonchev–Trinajstić information content (AvgIpc) is 3.09. The van der Waals surface area contributed by atoms with Gasteiger partial charge in [-0.05, 0) is 40.5 Å². The first-order valence-electron chi connectivity index (χ1n) is 9.22. The number of benzene rings is 1. The maximum Gasteiger partial charge on any atom is 0.283 e. The van der Waals surface area contributed by atoms with Gasteiger partial charge in [-0.15, -0.1) is 0 Å². The molecule has 0 amide bonds. The fraction of sp³-hybridized carbons (Fsp3) is 0.150. The lowest BCUT2D eigenvalue weighted by molar-refractivity contribution is 0.422. The number of halogens is 1. The Hall–Kier alpha value is -3.36. The molecule has 1 fully saturated rings. The highest BCUT2D eigenvalue weighted by Gasteiger charge is 2.37. The van der Waals surface area contributed by atoms with Crippen LogP contribution in [0.2, 0.25) is 0 Å². The summed E-state index contributed by atoms with van der Waals surface area (Å²) in [5, 5.41) is 14.3. The Morgan fingerprint density at radius 2 is 1.97 bits per heavy atom. The van der Waals surface area contributed by atoms with Gasteiger partial charge >= 0.3 is 0 Å². The molecular weight excluding hydrogens is 480 g/mol. The van der Waals surface area contributed by atoms with Crippen molar-refractivity contribution >= 4 is 46.6 Å². The summed E-state index contributed by atoms with van der Waals surface area (Å²) in [6.45, 7) is 0.661. The van der Waals surface area contributed by atoms with Crippen LogP contribution < -0.4 is 16.2 Å². The van der Waals surface area contributed by atoms with E-state index in [4.69, 9.17) is 10.8 Å². The molecule has 11 heteroatoms. The Labute approximate surface area is 192 Å². The second-order valence-electron chi connectivity index (χ2n) is 6.86. The van der Waals surface area contributed by atoms with Crippen molar-refractivity contribution in [2.45, 2.75) is 12.5 Å². The molecule has 4 heterocycles. The van der Waals surface area contributed by atoms with Gasteiger partial charge in [0, 0.05) is 12.7 Å². The smallest absolute Gasteiger partial charge is 0.283 e. The van der Waals surface area contributed by atoms with E-state index in [0.29, 0.717) is 28.2 Å². The number of rotatable bonds is 3. The fourth-order valence-electron chi connectivity index (χ4n) is 3.71. The van der Waals surface area contributed by atoms with Crippen LogP contribution in [0, 0.1) is 11.3 Å². The molecule has 0 aliphatic carbocycles. The highest BCUT2D eigenvalue weighted by molar-refractivity contribution is 9.10. The van der Waals surface area contributed by atoms with Crippen molar-refractivity contribution in [1.29, 1.82) is 5.26 Å².